The van der Waals surface area contributed by atoms with Crippen LogP contribution in [0.5, 0.6) is 0 Å². The second-order valence-electron chi connectivity index (χ2n) is 6.41. The molecule has 2 saturated heterocycles. The van der Waals surface area contributed by atoms with Gasteiger partial charge in [-0.25, -0.2) is 4.79 Å². The van der Waals surface area contributed by atoms with Crippen LogP contribution in [0.2, 0.25) is 0 Å². The third kappa shape index (κ3) is 5.42. The molecule has 7 nitrogen and oxygen atoms in total. The van der Waals surface area contributed by atoms with Crippen LogP contribution >= 0.6 is 11.3 Å². The van der Waals surface area contributed by atoms with E-state index in [0.29, 0.717) is 19.6 Å². The molecule has 1 aromatic rings. The van der Waals surface area contributed by atoms with Gasteiger partial charge in [0.15, 0.2) is 0 Å². The average molecular weight is 366 g/mol. The summed E-state index contributed by atoms with van der Waals surface area (Å²) in [7, 11) is 0. The Morgan fingerprint density at radius 1 is 1.20 bits per heavy atom. The van der Waals surface area contributed by atoms with Gasteiger partial charge in [-0.1, -0.05) is 0 Å². The highest BCUT2D eigenvalue weighted by molar-refractivity contribution is 7.14. The average Bonchev–Trinajstić information content (AvgIpc) is 3.15. The minimum Gasteiger partial charge on any atom is -0.379 e. The Morgan fingerprint density at radius 2 is 1.96 bits per heavy atom. The predicted octanol–water partition coefficient (Wildman–Crippen LogP) is 1.44. The molecule has 1 aromatic heterocycles. The summed E-state index contributed by atoms with van der Waals surface area (Å²) in [4.78, 5) is 28.6. The Kier molecular flexibility index (Phi) is 6.66. The quantitative estimate of drug-likeness (QED) is 0.827. The first-order valence-corrected chi connectivity index (χ1v) is 9.77. The number of morpholine rings is 1. The van der Waals surface area contributed by atoms with E-state index in [1.807, 2.05) is 17.5 Å². The zero-order valence-electron chi connectivity index (χ0n) is 14.4. The van der Waals surface area contributed by atoms with E-state index in [1.165, 1.54) is 11.3 Å². The number of urea groups is 1. The maximum atomic E-state index is 12.3. The SMILES string of the molecule is O=C(NCCN1CCOCC1)C1CCN(C(=O)Nc2cccs2)CC1. The van der Waals surface area contributed by atoms with Crippen LogP contribution in [0.3, 0.4) is 0 Å². The van der Waals surface area contributed by atoms with Gasteiger partial charge in [-0.3, -0.25) is 15.0 Å². The topological polar surface area (TPSA) is 73.9 Å². The van der Waals surface area contributed by atoms with E-state index in [-0.39, 0.29) is 17.9 Å². The number of nitrogens with one attached hydrogen (secondary N) is 2. The minimum absolute atomic E-state index is 0.00970. The highest BCUT2D eigenvalue weighted by Gasteiger charge is 2.27. The van der Waals surface area contributed by atoms with Gasteiger partial charge in [-0.2, -0.15) is 0 Å². The molecule has 25 heavy (non-hydrogen) atoms. The normalized spacial score (nSPS) is 19.6. The molecule has 8 heteroatoms. The lowest BCUT2D eigenvalue weighted by molar-refractivity contribution is -0.126. The number of hydrogen-bond donors (Lipinski definition) is 2. The van der Waals surface area contributed by atoms with Crippen LogP contribution in [0.4, 0.5) is 9.80 Å². The van der Waals surface area contributed by atoms with Crippen molar-refractivity contribution in [3.8, 4) is 0 Å². The number of carbonyl (C=O) groups is 2. The van der Waals surface area contributed by atoms with Crippen LogP contribution in [0, 0.1) is 5.92 Å². The van der Waals surface area contributed by atoms with Crippen LogP contribution in [0.15, 0.2) is 17.5 Å². The number of nitrogens with zero attached hydrogens (tertiary/aromatic N) is 2. The van der Waals surface area contributed by atoms with E-state index in [2.05, 4.69) is 15.5 Å². The summed E-state index contributed by atoms with van der Waals surface area (Å²) >= 11 is 1.51. The Labute approximate surface area is 152 Å². The summed E-state index contributed by atoms with van der Waals surface area (Å²) in [6.07, 6.45) is 1.45. The minimum atomic E-state index is -0.0753. The Morgan fingerprint density at radius 3 is 2.64 bits per heavy atom. The maximum absolute atomic E-state index is 12.3. The first-order chi connectivity index (χ1) is 12.2. The Bertz CT molecular complexity index is 552. The molecule has 0 aromatic carbocycles. The molecular formula is C17H26N4O3S. The zero-order chi connectivity index (χ0) is 17.5. The van der Waals surface area contributed by atoms with Crippen molar-refractivity contribution in [2.24, 2.45) is 5.92 Å². The van der Waals surface area contributed by atoms with Crippen molar-refractivity contribution in [3.05, 3.63) is 17.5 Å². The molecule has 3 amide bonds. The third-order valence-corrected chi connectivity index (χ3v) is 5.52. The van der Waals surface area contributed by atoms with Crippen LogP contribution in [-0.2, 0) is 9.53 Å². The van der Waals surface area contributed by atoms with Crippen molar-refractivity contribution < 1.29 is 14.3 Å². The van der Waals surface area contributed by atoms with Gasteiger partial charge in [-0.15, -0.1) is 11.3 Å². The largest absolute Gasteiger partial charge is 0.379 e. The van der Waals surface area contributed by atoms with Gasteiger partial charge in [0.1, 0.15) is 0 Å². The van der Waals surface area contributed by atoms with Gasteiger partial charge < -0.3 is 15.0 Å². The Hall–Kier alpha value is -1.64. The molecule has 0 atom stereocenters. The lowest BCUT2D eigenvalue weighted by Gasteiger charge is -2.31. The molecule has 2 aliphatic heterocycles. The van der Waals surface area contributed by atoms with Gasteiger partial charge in [0.25, 0.3) is 0 Å². The number of amides is 3. The molecule has 2 N–H and O–H groups in total. The Balaban J connectivity index is 1.33. The summed E-state index contributed by atoms with van der Waals surface area (Å²) in [5, 5.41) is 8.73. The second-order valence-corrected chi connectivity index (χ2v) is 7.36. The number of carbonyl (C=O) groups excluding carboxylic acids is 2. The van der Waals surface area contributed by atoms with Crippen molar-refractivity contribution in [3.63, 3.8) is 0 Å². The van der Waals surface area contributed by atoms with Gasteiger partial charge in [0.05, 0.1) is 18.2 Å². The summed E-state index contributed by atoms with van der Waals surface area (Å²) in [5.41, 5.74) is 0. The summed E-state index contributed by atoms with van der Waals surface area (Å²) in [6, 6.07) is 3.72. The molecule has 0 radical (unpaired) electrons. The van der Waals surface area contributed by atoms with Crippen LogP contribution in [0.1, 0.15) is 12.8 Å². The molecule has 3 rings (SSSR count). The summed E-state index contributed by atoms with van der Waals surface area (Å²) < 4.78 is 5.32. The van der Waals surface area contributed by atoms with Crippen molar-refractivity contribution in [2.75, 3.05) is 57.8 Å². The van der Waals surface area contributed by atoms with E-state index in [9.17, 15) is 9.59 Å². The van der Waals surface area contributed by atoms with Crippen molar-refractivity contribution in [1.82, 2.24) is 15.1 Å². The number of hydrogen-bond acceptors (Lipinski definition) is 5. The molecule has 0 unspecified atom stereocenters. The van der Waals surface area contributed by atoms with E-state index in [4.69, 9.17) is 4.74 Å². The van der Waals surface area contributed by atoms with Crippen molar-refractivity contribution in [2.45, 2.75) is 12.8 Å². The summed E-state index contributed by atoms with van der Waals surface area (Å²) in [5.74, 6) is 0.127. The van der Waals surface area contributed by atoms with Gasteiger partial charge in [0, 0.05) is 45.2 Å². The smallest absolute Gasteiger partial charge is 0.322 e. The fraction of sp³-hybridized carbons (Fsp3) is 0.647. The molecule has 0 aliphatic carbocycles. The summed E-state index contributed by atoms with van der Waals surface area (Å²) in [6.45, 7) is 6.23. The monoisotopic (exact) mass is 366 g/mol. The molecule has 2 aliphatic rings. The first kappa shape index (κ1) is 18.2. The molecule has 3 heterocycles. The van der Waals surface area contributed by atoms with E-state index in [0.717, 1.165) is 50.7 Å². The highest BCUT2D eigenvalue weighted by atomic mass is 32.1. The van der Waals surface area contributed by atoms with Gasteiger partial charge in [0.2, 0.25) is 5.91 Å². The molecule has 0 spiro atoms. The lowest BCUT2D eigenvalue weighted by atomic mass is 9.96. The molecule has 0 saturated carbocycles. The molecule has 2 fully saturated rings. The fourth-order valence-corrected chi connectivity index (χ4v) is 3.79. The van der Waals surface area contributed by atoms with E-state index in [1.54, 1.807) is 4.90 Å². The fourth-order valence-electron chi connectivity index (χ4n) is 3.19. The number of ether oxygens (including phenoxy) is 1. The van der Waals surface area contributed by atoms with E-state index < -0.39 is 0 Å². The van der Waals surface area contributed by atoms with Gasteiger partial charge in [-0.05, 0) is 30.4 Å². The van der Waals surface area contributed by atoms with Gasteiger partial charge >= 0.3 is 6.03 Å². The third-order valence-electron chi connectivity index (χ3n) is 4.74. The zero-order valence-corrected chi connectivity index (χ0v) is 15.2. The molecular weight excluding hydrogens is 340 g/mol. The van der Waals surface area contributed by atoms with E-state index >= 15 is 0 Å². The maximum Gasteiger partial charge on any atom is 0.322 e. The standard InChI is InChI=1S/C17H26N4O3S/c22-16(18-5-8-20-9-11-24-12-10-20)14-3-6-21(7-4-14)17(23)19-15-2-1-13-25-15/h1-2,13-14H,3-12H2,(H,18,22)(H,19,23). The number of likely N-dealkylation sites (tertiary alicyclic amines) is 1. The highest BCUT2D eigenvalue weighted by Crippen LogP contribution is 2.20. The van der Waals surface area contributed by atoms with Crippen LogP contribution < -0.4 is 10.6 Å². The van der Waals surface area contributed by atoms with Crippen LogP contribution in [-0.4, -0.2) is 74.2 Å². The first-order valence-electron chi connectivity index (χ1n) is 8.89. The molecule has 0 bridgehead atoms. The number of piperidine rings is 1. The molecule has 138 valence electrons. The van der Waals surface area contributed by atoms with Crippen LogP contribution in [0.25, 0.3) is 0 Å². The van der Waals surface area contributed by atoms with Crippen molar-refractivity contribution >= 4 is 28.3 Å². The number of anilines is 1. The number of rotatable bonds is 5. The lowest BCUT2D eigenvalue weighted by Crippen LogP contribution is -2.46. The van der Waals surface area contributed by atoms with Crippen molar-refractivity contribution in [1.29, 1.82) is 0 Å². The number of thiophene rings is 1. The predicted molar refractivity (Wildman–Crippen MR) is 97.9 cm³/mol. The second kappa shape index (κ2) is 9.17.